The van der Waals surface area contributed by atoms with Crippen molar-refractivity contribution >= 4 is 64.4 Å². The molecule has 0 saturated carbocycles. The molecule has 0 aliphatic rings. The first kappa shape index (κ1) is 21.8. The molecular formula is C32H30S2. The van der Waals surface area contributed by atoms with E-state index in [1.165, 1.54) is 94.7 Å². The van der Waals surface area contributed by atoms with Gasteiger partial charge in [0.2, 0.25) is 0 Å². The van der Waals surface area contributed by atoms with Crippen LogP contribution in [0.1, 0.15) is 48.6 Å². The van der Waals surface area contributed by atoms with Gasteiger partial charge in [-0.05, 0) is 71.5 Å². The minimum Gasteiger partial charge on any atom is -0.140 e. The molecule has 0 aliphatic carbocycles. The number of thiophene rings is 2. The quantitative estimate of drug-likeness (QED) is 0.209. The van der Waals surface area contributed by atoms with Crippen LogP contribution in [0.15, 0.2) is 66.7 Å². The fraction of sp³-hybridized carbons (Fsp3) is 0.250. The molecular weight excluding hydrogens is 448 g/mol. The summed E-state index contributed by atoms with van der Waals surface area (Å²) in [6.45, 7) is 6.74. The molecule has 0 fully saturated rings. The zero-order chi connectivity index (χ0) is 23.2. The van der Waals surface area contributed by atoms with Crippen molar-refractivity contribution in [2.75, 3.05) is 0 Å². The average molecular weight is 479 g/mol. The van der Waals surface area contributed by atoms with Gasteiger partial charge < -0.3 is 0 Å². The first-order valence-electron chi connectivity index (χ1n) is 12.5. The lowest BCUT2D eigenvalue weighted by atomic mass is 10.0. The summed E-state index contributed by atoms with van der Waals surface area (Å²) in [5, 5.41) is 8.18. The van der Waals surface area contributed by atoms with Gasteiger partial charge in [0.05, 0.1) is 0 Å². The van der Waals surface area contributed by atoms with Gasteiger partial charge in [-0.3, -0.25) is 0 Å². The standard InChI is InChI=1S/C32H30S2/c1-4-5-6-7-8-22-19-30(33-21(22)3)25-12-14-27-24(18-25)11-16-29-28-15-10-23-17-20(2)9-13-26(23)31(28)34-32(27)29/h9-19H,4-8H2,1-3H3. The highest BCUT2D eigenvalue weighted by Crippen LogP contribution is 2.43. The molecule has 0 nitrogen and oxygen atoms in total. The lowest BCUT2D eigenvalue weighted by Crippen LogP contribution is -1.85. The minimum atomic E-state index is 1.21. The summed E-state index contributed by atoms with van der Waals surface area (Å²) in [5.41, 5.74) is 4.21. The van der Waals surface area contributed by atoms with E-state index in [0.717, 1.165) is 0 Å². The fourth-order valence-corrected chi connectivity index (χ4v) is 7.71. The Balaban J connectivity index is 1.42. The van der Waals surface area contributed by atoms with Crippen LogP contribution in [0.5, 0.6) is 0 Å². The van der Waals surface area contributed by atoms with Gasteiger partial charge in [0.1, 0.15) is 0 Å². The van der Waals surface area contributed by atoms with Crippen LogP contribution < -0.4 is 0 Å². The highest BCUT2D eigenvalue weighted by atomic mass is 32.1. The van der Waals surface area contributed by atoms with E-state index in [9.17, 15) is 0 Å². The Morgan fingerprint density at radius 3 is 2.03 bits per heavy atom. The van der Waals surface area contributed by atoms with Crippen molar-refractivity contribution in [3.05, 3.63) is 82.7 Å². The summed E-state index contributed by atoms with van der Waals surface area (Å²) in [6, 6.07) is 25.6. The van der Waals surface area contributed by atoms with Crippen molar-refractivity contribution in [1.29, 1.82) is 0 Å². The van der Waals surface area contributed by atoms with Gasteiger partial charge in [0.15, 0.2) is 0 Å². The highest BCUT2D eigenvalue weighted by Gasteiger charge is 2.13. The Labute approximate surface area is 209 Å². The molecule has 170 valence electrons. The van der Waals surface area contributed by atoms with Crippen LogP contribution >= 0.6 is 22.7 Å². The summed E-state index contributed by atoms with van der Waals surface area (Å²) in [6.07, 6.45) is 6.51. The van der Waals surface area contributed by atoms with E-state index in [-0.39, 0.29) is 0 Å². The lowest BCUT2D eigenvalue weighted by Gasteiger charge is -2.04. The predicted molar refractivity (Wildman–Crippen MR) is 155 cm³/mol. The van der Waals surface area contributed by atoms with Crippen LogP contribution in [0.3, 0.4) is 0 Å². The van der Waals surface area contributed by atoms with E-state index in [0.29, 0.717) is 0 Å². The van der Waals surface area contributed by atoms with Gasteiger partial charge in [-0.15, -0.1) is 22.7 Å². The van der Waals surface area contributed by atoms with E-state index in [1.807, 2.05) is 22.7 Å². The number of fused-ring (bicyclic) bond motifs is 7. The summed E-state index contributed by atoms with van der Waals surface area (Å²) >= 11 is 3.90. The molecule has 0 amide bonds. The van der Waals surface area contributed by atoms with Crippen LogP contribution in [0.25, 0.3) is 52.2 Å². The molecule has 2 heterocycles. The van der Waals surface area contributed by atoms with Gasteiger partial charge in [-0.1, -0.05) is 86.3 Å². The van der Waals surface area contributed by atoms with Crippen molar-refractivity contribution in [2.45, 2.75) is 52.9 Å². The third kappa shape index (κ3) is 3.74. The molecule has 0 unspecified atom stereocenters. The summed E-state index contributed by atoms with van der Waals surface area (Å²) < 4.78 is 2.82. The Kier molecular flexibility index (Phi) is 5.67. The Hall–Kier alpha value is -2.68. The second-order valence-electron chi connectivity index (χ2n) is 9.65. The summed E-state index contributed by atoms with van der Waals surface area (Å²) in [5.74, 6) is 0. The van der Waals surface area contributed by atoms with Crippen LogP contribution in [0.2, 0.25) is 0 Å². The van der Waals surface area contributed by atoms with Crippen LogP contribution in [0, 0.1) is 13.8 Å². The van der Waals surface area contributed by atoms with Gasteiger partial charge in [0, 0.05) is 29.9 Å². The van der Waals surface area contributed by atoms with E-state index < -0.39 is 0 Å². The molecule has 4 aromatic carbocycles. The molecule has 0 spiro atoms. The first-order chi connectivity index (χ1) is 16.6. The monoisotopic (exact) mass is 478 g/mol. The topological polar surface area (TPSA) is 0 Å². The van der Waals surface area contributed by atoms with Crippen molar-refractivity contribution in [3.8, 4) is 10.4 Å². The van der Waals surface area contributed by atoms with E-state index in [4.69, 9.17) is 0 Å². The smallest absolute Gasteiger partial charge is 0.0434 e. The van der Waals surface area contributed by atoms with Gasteiger partial charge in [0.25, 0.3) is 0 Å². The molecule has 0 saturated heterocycles. The second kappa shape index (κ2) is 8.83. The normalized spacial score (nSPS) is 12.0. The van der Waals surface area contributed by atoms with Crippen LogP contribution in [-0.4, -0.2) is 0 Å². The SMILES string of the molecule is CCCCCCc1cc(-c2ccc3c(ccc4c5ccc6cc(C)ccc6c5sc34)c2)sc1C. The third-order valence-electron chi connectivity index (χ3n) is 7.20. The highest BCUT2D eigenvalue weighted by molar-refractivity contribution is 7.27. The number of rotatable bonds is 6. The summed E-state index contributed by atoms with van der Waals surface area (Å²) in [7, 11) is 0. The molecule has 0 N–H and O–H groups in total. The number of hydrogen-bond acceptors (Lipinski definition) is 2. The Morgan fingerprint density at radius 1 is 0.618 bits per heavy atom. The molecule has 0 bridgehead atoms. The van der Waals surface area contributed by atoms with Crippen molar-refractivity contribution < 1.29 is 0 Å². The van der Waals surface area contributed by atoms with Gasteiger partial charge in [-0.2, -0.15) is 0 Å². The molecule has 2 heteroatoms. The molecule has 2 aromatic heterocycles. The second-order valence-corrected chi connectivity index (χ2v) is 11.9. The zero-order valence-corrected chi connectivity index (χ0v) is 21.8. The number of benzene rings is 4. The maximum Gasteiger partial charge on any atom is 0.0434 e. The minimum absolute atomic E-state index is 1.21. The van der Waals surface area contributed by atoms with Crippen LogP contribution in [0.4, 0.5) is 0 Å². The third-order valence-corrected chi connectivity index (χ3v) is 9.63. The first-order valence-corrected chi connectivity index (χ1v) is 14.1. The number of aryl methyl sites for hydroxylation is 3. The molecule has 6 aromatic rings. The maximum atomic E-state index is 2.44. The van der Waals surface area contributed by atoms with E-state index in [1.54, 1.807) is 5.56 Å². The average Bonchev–Trinajstić information content (AvgIpc) is 3.41. The van der Waals surface area contributed by atoms with Crippen LogP contribution in [-0.2, 0) is 6.42 Å². The van der Waals surface area contributed by atoms with Crippen molar-refractivity contribution in [1.82, 2.24) is 0 Å². The zero-order valence-electron chi connectivity index (χ0n) is 20.2. The number of unbranched alkanes of at least 4 members (excludes halogenated alkanes) is 3. The lowest BCUT2D eigenvalue weighted by molar-refractivity contribution is 0.666. The molecule has 0 radical (unpaired) electrons. The van der Waals surface area contributed by atoms with Crippen molar-refractivity contribution in [2.24, 2.45) is 0 Å². The molecule has 34 heavy (non-hydrogen) atoms. The largest absolute Gasteiger partial charge is 0.140 e. The predicted octanol–water partition coefficient (Wildman–Crippen LogP) is 10.8. The Morgan fingerprint density at radius 2 is 1.29 bits per heavy atom. The van der Waals surface area contributed by atoms with Crippen molar-refractivity contribution in [3.63, 3.8) is 0 Å². The van der Waals surface area contributed by atoms with Gasteiger partial charge >= 0.3 is 0 Å². The van der Waals surface area contributed by atoms with E-state index in [2.05, 4.69) is 87.5 Å². The maximum absolute atomic E-state index is 2.44. The summed E-state index contributed by atoms with van der Waals surface area (Å²) in [4.78, 5) is 2.89. The van der Waals surface area contributed by atoms with E-state index >= 15 is 0 Å². The fourth-order valence-electron chi connectivity index (χ4n) is 5.27. The Bertz CT molecular complexity index is 1660. The van der Waals surface area contributed by atoms with Gasteiger partial charge in [-0.25, -0.2) is 0 Å². The molecule has 0 atom stereocenters. The molecule has 0 aliphatic heterocycles. The molecule has 6 rings (SSSR count). The number of hydrogen-bond donors (Lipinski definition) is 0.